The zero-order valence-electron chi connectivity index (χ0n) is 26.5. The molecule has 0 unspecified atom stereocenters. The molecule has 0 saturated heterocycles. The predicted molar refractivity (Wildman–Crippen MR) is 175 cm³/mol. The molecule has 1 amide bonds. The van der Waals surface area contributed by atoms with E-state index in [-0.39, 0.29) is 40.8 Å². The standard InChI is InChI=1S/C37H29F4N5O4/c1-35(34-44-26-6-2-3-7-27(26)45-34)19-49-32-25(35)17-29(46-31(32)20-8-10-23(38)11-9-20)36(48,37(39,40)41)18-43-33(47)22-15-21-5-4-14-42-30(21)28(16-22)50-24-12-13-24/h2-11,14-17,24,48H,12-13,18-19H2,1H3,(H,43,47)(H,44,45)/t35-,36-/m0/s1. The van der Waals surface area contributed by atoms with E-state index in [0.717, 1.165) is 36.6 Å². The van der Waals surface area contributed by atoms with Gasteiger partial charge in [-0.15, -0.1) is 0 Å². The van der Waals surface area contributed by atoms with Crippen LogP contribution in [0.4, 0.5) is 17.6 Å². The van der Waals surface area contributed by atoms with Crippen LogP contribution in [0.15, 0.2) is 85.1 Å². The molecule has 9 nitrogen and oxygen atoms in total. The number of carbonyl (C=O) groups is 1. The monoisotopic (exact) mass is 683 g/mol. The van der Waals surface area contributed by atoms with Crippen molar-refractivity contribution in [3.63, 3.8) is 0 Å². The molecule has 8 rings (SSSR count). The van der Waals surface area contributed by atoms with Crippen LogP contribution in [0.3, 0.4) is 0 Å². The maximum atomic E-state index is 15.1. The fourth-order valence-electron chi connectivity index (χ4n) is 6.20. The number of alkyl halides is 3. The highest BCUT2D eigenvalue weighted by atomic mass is 19.4. The highest BCUT2D eigenvalue weighted by Gasteiger charge is 2.57. The largest absolute Gasteiger partial charge is 0.490 e. The molecule has 2 atom stereocenters. The van der Waals surface area contributed by atoms with Gasteiger partial charge >= 0.3 is 6.18 Å². The van der Waals surface area contributed by atoms with Gasteiger partial charge in [0.25, 0.3) is 5.91 Å². The summed E-state index contributed by atoms with van der Waals surface area (Å²) in [6.45, 7) is 0.486. The molecule has 1 aliphatic heterocycles. The van der Waals surface area contributed by atoms with Crippen molar-refractivity contribution in [2.75, 3.05) is 13.2 Å². The summed E-state index contributed by atoms with van der Waals surface area (Å²) in [6, 6.07) is 19.8. The van der Waals surface area contributed by atoms with Crippen molar-refractivity contribution in [1.29, 1.82) is 0 Å². The Labute approximate surface area is 282 Å². The van der Waals surface area contributed by atoms with Crippen molar-refractivity contribution in [2.24, 2.45) is 0 Å². The number of carbonyl (C=O) groups excluding carboxylic acids is 1. The number of hydrogen-bond donors (Lipinski definition) is 3. The third-order valence-electron chi connectivity index (χ3n) is 9.25. The molecule has 1 aliphatic carbocycles. The maximum absolute atomic E-state index is 15.1. The third kappa shape index (κ3) is 5.38. The molecule has 3 aromatic heterocycles. The van der Waals surface area contributed by atoms with Crippen LogP contribution in [-0.4, -0.2) is 56.4 Å². The minimum atomic E-state index is -5.30. The van der Waals surface area contributed by atoms with Gasteiger partial charge in [-0.25, -0.2) is 14.4 Å². The molecule has 4 heterocycles. The Morgan fingerprint density at radius 1 is 1.06 bits per heavy atom. The molecule has 0 radical (unpaired) electrons. The Hall–Kier alpha value is -5.56. The number of aliphatic hydroxyl groups is 1. The van der Waals surface area contributed by atoms with Crippen LogP contribution in [-0.2, 0) is 11.0 Å². The van der Waals surface area contributed by atoms with Gasteiger partial charge in [0.2, 0.25) is 5.60 Å². The quantitative estimate of drug-likeness (QED) is 0.152. The number of imidazole rings is 1. The van der Waals surface area contributed by atoms with Crippen LogP contribution in [0.5, 0.6) is 11.5 Å². The van der Waals surface area contributed by atoms with Crippen molar-refractivity contribution < 1.29 is 36.9 Å². The lowest BCUT2D eigenvalue weighted by molar-refractivity contribution is -0.265. The first-order chi connectivity index (χ1) is 23.9. The molecular weight excluding hydrogens is 654 g/mol. The molecule has 50 heavy (non-hydrogen) atoms. The molecule has 1 saturated carbocycles. The van der Waals surface area contributed by atoms with E-state index in [1.165, 1.54) is 24.3 Å². The number of rotatable bonds is 8. The summed E-state index contributed by atoms with van der Waals surface area (Å²) >= 11 is 0. The van der Waals surface area contributed by atoms with Gasteiger partial charge in [-0.2, -0.15) is 13.2 Å². The average Bonchev–Trinajstić information content (AvgIpc) is 3.70. The van der Waals surface area contributed by atoms with Crippen molar-refractivity contribution in [3.8, 4) is 22.8 Å². The first-order valence-electron chi connectivity index (χ1n) is 16.0. The number of amides is 1. The Balaban J connectivity index is 1.21. The molecule has 1 fully saturated rings. The normalized spacial score (nSPS) is 18.4. The Bertz CT molecular complexity index is 2260. The van der Waals surface area contributed by atoms with Gasteiger partial charge in [0.05, 0.1) is 34.8 Å². The first-order valence-corrected chi connectivity index (χ1v) is 16.0. The number of H-pyrrole nitrogens is 1. The van der Waals surface area contributed by atoms with E-state index in [1.54, 1.807) is 31.3 Å². The molecule has 13 heteroatoms. The Kier molecular flexibility index (Phi) is 7.30. The van der Waals surface area contributed by atoms with E-state index in [9.17, 15) is 14.3 Å². The number of benzene rings is 3. The number of pyridine rings is 2. The van der Waals surface area contributed by atoms with Crippen molar-refractivity contribution in [1.82, 2.24) is 25.3 Å². The zero-order valence-corrected chi connectivity index (χ0v) is 26.5. The van der Waals surface area contributed by atoms with E-state index < -0.39 is 41.2 Å². The van der Waals surface area contributed by atoms with Crippen LogP contribution < -0.4 is 14.8 Å². The SMILES string of the molecule is C[C@]1(c2nc3ccccc3[nH]2)COc2c1cc([C@@](O)(CNC(=O)c1cc(OC3CC3)c3ncccc3c1)C(F)(F)F)nc2-c1ccc(F)cc1. The molecule has 0 spiro atoms. The topological polar surface area (TPSA) is 122 Å². The van der Waals surface area contributed by atoms with E-state index in [2.05, 4.69) is 20.3 Å². The van der Waals surface area contributed by atoms with Crippen LogP contribution in [0, 0.1) is 5.82 Å². The number of hydrogen-bond acceptors (Lipinski definition) is 7. The average molecular weight is 684 g/mol. The summed E-state index contributed by atoms with van der Waals surface area (Å²) in [5, 5.41) is 14.5. The van der Waals surface area contributed by atoms with Crippen LogP contribution in [0.2, 0.25) is 0 Å². The summed E-state index contributed by atoms with van der Waals surface area (Å²) in [6.07, 6.45) is -2.05. The zero-order chi connectivity index (χ0) is 34.8. The summed E-state index contributed by atoms with van der Waals surface area (Å²) in [4.78, 5) is 30.1. The molecule has 6 aromatic rings. The highest BCUT2D eigenvalue weighted by Crippen LogP contribution is 2.49. The minimum absolute atomic E-state index is 0.00918. The molecule has 254 valence electrons. The molecule has 3 N–H and O–H groups in total. The molecular formula is C37H29F4N5O4. The second kappa shape index (κ2) is 11.5. The molecule has 2 aliphatic rings. The molecule has 3 aromatic carbocycles. The number of para-hydroxylation sites is 2. The number of halogens is 4. The lowest BCUT2D eigenvalue weighted by Crippen LogP contribution is -2.51. The van der Waals surface area contributed by atoms with Crippen molar-refractivity contribution in [3.05, 3.63) is 114 Å². The number of nitrogens with one attached hydrogen (secondary N) is 2. The lowest BCUT2D eigenvalue weighted by Gasteiger charge is -2.31. The fraction of sp³-hybridized carbons (Fsp3) is 0.243. The van der Waals surface area contributed by atoms with Gasteiger partial charge < -0.3 is 24.9 Å². The minimum Gasteiger partial charge on any atom is -0.490 e. The van der Waals surface area contributed by atoms with E-state index >= 15 is 13.2 Å². The van der Waals surface area contributed by atoms with Crippen molar-refractivity contribution in [2.45, 2.75) is 43.1 Å². The predicted octanol–water partition coefficient (Wildman–Crippen LogP) is 6.73. The summed E-state index contributed by atoms with van der Waals surface area (Å²) in [5.41, 5.74) is -3.11. The molecule has 0 bridgehead atoms. The number of fused-ring (bicyclic) bond motifs is 3. The number of aromatic nitrogens is 4. The van der Waals surface area contributed by atoms with Gasteiger partial charge in [-0.05, 0) is 80.4 Å². The maximum Gasteiger partial charge on any atom is 0.424 e. The van der Waals surface area contributed by atoms with E-state index in [0.29, 0.717) is 28.0 Å². The number of aromatic amines is 1. The van der Waals surface area contributed by atoms with Gasteiger partial charge in [0.1, 0.15) is 41.0 Å². The lowest BCUT2D eigenvalue weighted by atomic mass is 9.81. The third-order valence-corrected chi connectivity index (χ3v) is 9.25. The van der Waals surface area contributed by atoms with Gasteiger partial charge in [-0.1, -0.05) is 18.2 Å². The van der Waals surface area contributed by atoms with E-state index in [1.807, 2.05) is 18.2 Å². The first kappa shape index (κ1) is 31.7. The second-order valence-corrected chi connectivity index (χ2v) is 12.9. The Morgan fingerprint density at radius 2 is 1.84 bits per heavy atom. The van der Waals surface area contributed by atoms with E-state index in [4.69, 9.17) is 14.5 Å². The summed E-state index contributed by atoms with van der Waals surface area (Å²) < 4.78 is 71.3. The van der Waals surface area contributed by atoms with Gasteiger partial charge in [0.15, 0.2) is 0 Å². The van der Waals surface area contributed by atoms with Crippen LogP contribution in [0.1, 0.15) is 47.2 Å². The smallest absolute Gasteiger partial charge is 0.424 e. The second-order valence-electron chi connectivity index (χ2n) is 12.9. The number of nitrogens with zero attached hydrogens (tertiary/aromatic N) is 3. The number of ether oxygens (including phenoxy) is 2. The Morgan fingerprint density at radius 3 is 2.58 bits per heavy atom. The fourth-order valence-corrected chi connectivity index (χ4v) is 6.20. The van der Waals surface area contributed by atoms with Gasteiger partial charge in [-0.3, -0.25) is 9.78 Å². The van der Waals surface area contributed by atoms with Gasteiger partial charge in [0, 0.05) is 28.3 Å². The summed E-state index contributed by atoms with van der Waals surface area (Å²) in [7, 11) is 0. The summed E-state index contributed by atoms with van der Waals surface area (Å²) in [5.74, 6) is -0.479. The van der Waals surface area contributed by atoms with Crippen molar-refractivity contribution >= 4 is 27.8 Å². The highest BCUT2D eigenvalue weighted by molar-refractivity contribution is 6.00. The van der Waals surface area contributed by atoms with Crippen LogP contribution >= 0.6 is 0 Å². The van der Waals surface area contributed by atoms with Crippen LogP contribution in [0.25, 0.3) is 33.2 Å².